The minimum absolute atomic E-state index is 0.132. The van der Waals surface area contributed by atoms with E-state index in [4.69, 9.17) is 21.4 Å². The predicted molar refractivity (Wildman–Crippen MR) is 139 cm³/mol. The zero-order valence-electron chi connectivity index (χ0n) is 19.4. The molecular formula is C27H27N3O3S. The molecule has 2 N–H and O–H groups in total. The first-order valence-corrected chi connectivity index (χ1v) is 11.6. The lowest BCUT2D eigenvalue weighted by Gasteiger charge is -2.11. The summed E-state index contributed by atoms with van der Waals surface area (Å²) in [4.78, 5) is 16.9. The van der Waals surface area contributed by atoms with E-state index in [1.807, 2.05) is 55.5 Å². The Balaban J connectivity index is 1.39. The fourth-order valence-corrected chi connectivity index (χ4v) is 3.75. The van der Waals surface area contributed by atoms with Gasteiger partial charge in [0.05, 0.1) is 0 Å². The van der Waals surface area contributed by atoms with Crippen molar-refractivity contribution < 1.29 is 13.9 Å². The molecule has 1 aromatic heterocycles. The average Bonchev–Trinajstić information content (AvgIpc) is 3.26. The minimum atomic E-state index is -0.341. The highest BCUT2D eigenvalue weighted by Crippen LogP contribution is 2.29. The van der Waals surface area contributed by atoms with Crippen molar-refractivity contribution in [2.75, 3.05) is 11.9 Å². The van der Waals surface area contributed by atoms with Crippen LogP contribution in [-0.2, 0) is 4.79 Å². The van der Waals surface area contributed by atoms with Crippen LogP contribution in [-0.4, -0.2) is 22.6 Å². The molecule has 4 rings (SSSR count). The smallest absolute Gasteiger partial charge is 0.264 e. The fourth-order valence-electron chi connectivity index (χ4n) is 3.52. The third kappa shape index (κ3) is 5.80. The van der Waals surface area contributed by atoms with Crippen molar-refractivity contribution in [3.8, 4) is 17.2 Å². The van der Waals surface area contributed by atoms with E-state index in [2.05, 4.69) is 41.6 Å². The number of aryl methyl sites for hydroxylation is 1. The van der Waals surface area contributed by atoms with Gasteiger partial charge < -0.3 is 14.5 Å². The van der Waals surface area contributed by atoms with Crippen molar-refractivity contribution in [1.29, 1.82) is 0 Å². The first kappa shape index (κ1) is 23.4. The van der Waals surface area contributed by atoms with Crippen LogP contribution < -0.4 is 15.4 Å². The molecule has 0 spiro atoms. The molecule has 1 atom stereocenters. The Hall–Kier alpha value is -3.71. The minimum Gasteiger partial charge on any atom is -0.484 e. The zero-order valence-corrected chi connectivity index (χ0v) is 20.2. The second-order valence-corrected chi connectivity index (χ2v) is 8.65. The number of hydrogen-bond acceptors (Lipinski definition) is 5. The van der Waals surface area contributed by atoms with Gasteiger partial charge in [-0.3, -0.25) is 10.1 Å². The van der Waals surface area contributed by atoms with Gasteiger partial charge >= 0.3 is 0 Å². The number of carbonyl (C=O) groups excluding carboxylic acids is 1. The van der Waals surface area contributed by atoms with Crippen molar-refractivity contribution >= 4 is 40.0 Å². The Morgan fingerprint density at radius 3 is 2.74 bits per heavy atom. The normalized spacial score (nSPS) is 11.7. The number of fused-ring (bicyclic) bond motifs is 1. The number of nitrogens with zero attached hydrogens (tertiary/aromatic N) is 1. The second-order valence-electron chi connectivity index (χ2n) is 8.24. The van der Waals surface area contributed by atoms with Crippen LogP contribution in [0.15, 0.2) is 71.1 Å². The Bertz CT molecular complexity index is 1330. The zero-order chi connectivity index (χ0) is 24.1. The Kier molecular flexibility index (Phi) is 7.23. The van der Waals surface area contributed by atoms with Gasteiger partial charge in [-0.15, -0.1) is 0 Å². The highest BCUT2D eigenvalue weighted by molar-refractivity contribution is 7.80. The van der Waals surface area contributed by atoms with E-state index in [0.29, 0.717) is 23.2 Å². The Morgan fingerprint density at radius 2 is 1.94 bits per heavy atom. The molecule has 0 aliphatic rings. The number of oxazole rings is 1. The van der Waals surface area contributed by atoms with Gasteiger partial charge in [-0.2, -0.15) is 0 Å². The maximum absolute atomic E-state index is 12.2. The number of anilines is 1. The van der Waals surface area contributed by atoms with E-state index in [0.717, 1.165) is 28.6 Å². The summed E-state index contributed by atoms with van der Waals surface area (Å²) < 4.78 is 11.5. The molecule has 1 unspecified atom stereocenters. The van der Waals surface area contributed by atoms with Crippen molar-refractivity contribution in [3.05, 3.63) is 77.9 Å². The molecule has 34 heavy (non-hydrogen) atoms. The molecule has 0 bridgehead atoms. The molecule has 4 aromatic rings. The first-order chi connectivity index (χ1) is 16.4. The largest absolute Gasteiger partial charge is 0.484 e. The number of hydrogen-bond donors (Lipinski definition) is 2. The number of carbonyl (C=O) groups is 1. The molecule has 0 aliphatic heterocycles. The maximum atomic E-state index is 12.2. The van der Waals surface area contributed by atoms with Gasteiger partial charge in [-0.25, -0.2) is 4.98 Å². The monoisotopic (exact) mass is 473 g/mol. The molecule has 174 valence electrons. The van der Waals surface area contributed by atoms with E-state index in [1.54, 1.807) is 6.07 Å². The number of thiocarbonyl (C=S) groups is 1. The first-order valence-electron chi connectivity index (χ1n) is 11.2. The highest BCUT2D eigenvalue weighted by atomic mass is 32.1. The van der Waals surface area contributed by atoms with Crippen LogP contribution in [0.2, 0.25) is 0 Å². The highest BCUT2D eigenvalue weighted by Gasteiger charge is 2.12. The van der Waals surface area contributed by atoms with Gasteiger partial charge in [0.25, 0.3) is 5.91 Å². The van der Waals surface area contributed by atoms with Gasteiger partial charge in [-0.1, -0.05) is 38.1 Å². The van der Waals surface area contributed by atoms with Crippen molar-refractivity contribution in [1.82, 2.24) is 10.3 Å². The molecule has 0 saturated carbocycles. The number of benzene rings is 3. The molecular weight excluding hydrogens is 446 g/mol. The van der Waals surface area contributed by atoms with Crippen LogP contribution in [0.5, 0.6) is 5.75 Å². The van der Waals surface area contributed by atoms with Crippen molar-refractivity contribution in [3.63, 3.8) is 0 Å². The fraction of sp³-hybridized carbons (Fsp3) is 0.222. The Labute approximate surface area is 204 Å². The average molecular weight is 474 g/mol. The predicted octanol–water partition coefficient (Wildman–Crippen LogP) is 6.21. The standard InChI is InChI=1S/C27H27N3O3S/c1-4-18(3)19-11-12-24-23(15-19)29-26(33-24)20-8-6-9-21(14-20)28-27(34)30-25(31)16-32-22-10-5-7-17(2)13-22/h5-15,18H,4,16H2,1-3H3,(H2,28,30,31,34). The van der Waals surface area contributed by atoms with E-state index in [9.17, 15) is 4.79 Å². The van der Waals surface area contributed by atoms with E-state index in [1.165, 1.54) is 5.56 Å². The van der Waals surface area contributed by atoms with Crippen LogP contribution in [0, 0.1) is 6.92 Å². The number of aromatic nitrogens is 1. The molecule has 0 saturated heterocycles. The molecule has 6 nitrogen and oxygen atoms in total. The summed E-state index contributed by atoms with van der Waals surface area (Å²) in [6.07, 6.45) is 1.07. The topological polar surface area (TPSA) is 76.4 Å². The van der Waals surface area contributed by atoms with E-state index < -0.39 is 0 Å². The van der Waals surface area contributed by atoms with Crippen LogP contribution in [0.3, 0.4) is 0 Å². The summed E-state index contributed by atoms with van der Waals surface area (Å²) in [5.41, 5.74) is 5.41. The summed E-state index contributed by atoms with van der Waals surface area (Å²) in [5.74, 6) is 1.29. The Morgan fingerprint density at radius 1 is 1.12 bits per heavy atom. The van der Waals surface area contributed by atoms with Crippen LogP contribution in [0.4, 0.5) is 5.69 Å². The summed E-state index contributed by atoms with van der Waals surface area (Å²) in [7, 11) is 0. The van der Waals surface area contributed by atoms with Gasteiger partial charge in [0.15, 0.2) is 17.3 Å². The van der Waals surface area contributed by atoms with Crippen molar-refractivity contribution in [2.45, 2.75) is 33.1 Å². The van der Waals surface area contributed by atoms with Crippen molar-refractivity contribution in [2.24, 2.45) is 0 Å². The number of rotatable bonds is 7. The van der Waals surface area contributed by atoms with Gasteiger partial charge in [0.1, 0.15) is 11.3 Å². The number of nitrogens with one attached hydrogen (secondary N) is 2. The lowest BCUT2D eigenvalue weighted by atomic mass is 9.98. The van der Waals surface area contributed by atoms with Gasteiger partial charge in [0, 0.05) is 11.3 Å². The summed E-state index contributed by atoms with van der Waals surface area (Å²) in [6.45, 7) is 6.21. The third-order valence-corrected chi connectivity index (χ3v) is 5.78. The molecule has 1 heterocycles. The summed E-state index contributed by atoms with van der Waals surface area (Å²) in [5, 5.41) is 5.85. The molecule has 0 fully saturated rings. The van der Waals surface area contributed by atoms with Gasteiger partial charge in [0.2, 0.25) is 5.89 Å². The molecule has 1 amide bonds. The lowest BCUT2D eigenvalue weighted by molar-refractivity contribution is -0.121. The van der Waals surface area contributed by atoms with Crippen LogP contribution in [0.1, 0.15) is 37.3 Å². The molecule has 7 heteroatoms. The third-order valence-electron chi connectivity index (χ3n) is 5.57. The SMILES string of the molecule is CCC(C)c1ccc2oc(-c3cccc(NC(=S)NC(=O)COc4cccc(C)c4)c3)nc2c1. The number of amides is 1. The van der Waals surface area contributed by atoms with Crippen LogP contribution in [0.25, 0.3) is 22.6 Å². The summed E-state index contributed by atoms with van der Waals surface area (Å²) in [6, 6.07) is 21.2. The van der Waals surface area contributed by atoms with E-state index >= 15 is 0 Å². The maximum Gasteiger partial charge on any atom is 0.264 e. The molecule has 0 aliphatic carbocycles. The summed E-state index contributed by atoms with van der Waals surface area (Å²) >= 11 is 5.29. The molecule has 0 radical (unpaired) electrons. The molecule has 3 aromatic carbocycles. The quantitative estimate of drug-likeness (QED) is 0.311. The van der Waals surface area contributed by atoms with Crippen LogP contribution >= 0.6 is 12.2 Å². The second kappa shape index (κ2) is 10.5. The van der Waals surface area contributed by atoms with Gasteiger partial charge in [-0.05, 0) is 85.1 Å². The number of ether oxygens (including phenoxy) is 1. The lowest BCUT2D eigenvalue weighted by Crippen LogP contribution is -2.37. The van der Waals surface area contributed by atoms with E-state index in [-0.39, 0.29) is 17.6 Å².